The number of nitrogens with zero attached hydrogens (tertiary/aromatic N) is 2. The van der Waals surface area contributed by atoms with E-state index in [0.29, 0.717) is 23.7 Å². The second-order valence-corrected chi connectivity index (χ2v) is 7.39. The number of carbonyl (C=O) groups excluding carboxylic acids is 1. The van der Waals surface area contributed by atoms with E-state index in [4.69, 9.17) is 9.47 Å². The zero-order valence-corrected chi connectivity index (χ0v) is 17.2. The van der Waals surface area contributed by atoms with E-state index in [9.17, 15) is 14.4 Å². The number of nitrogens with one attached hydrogen (secondary N) is 1. The highest BCUT2D eigenvalue weighted by Crippen LogP contribution is 2.21. The third kappa shape index (κ3) is 4.73. The number of aromatic amines is 1. The van der Waals surface area contributed by atoms with Crippen molar-refractivity contribution < 1.29 is 14.3 Å². The summed E-state index contributed by atoms with van der Waals surface area (Å²) in [4.78, 5) is 45.2. The minimum atomic E-state index is -0.521. The molecule has 0 amide bonds. The quantitative estimate of drug-likeness (QED) is 0.424. The lowest BCUT2D eigenvalue weighted by Crippen LogP contribution is -2.23. The average molecular weight is 417 g/mol. The van der Waals surface area contributed by atoms with Crippen LogP contribution < -0.4 is 15.7 Å². The van der Waals surface area contributed by atoms with Crippen molar-refractivity contribution in [2.24, 2.45) is 0 Å². The van der Waals surface area contributed by atoms with E-state index >= 15 is 0 Å². The Balaban J connectivity index is 1.87. The molecular formula is C20H23N3O5S. The predicted molar refractivity (Wildman–Crippen MR) is 111 cm³/mol. The molecule has 8 nitrogen and oxygen atoms in total. The van der Waals surface area contributed by atoms with E-state index in [-0.39, 0.29) is 34.2 Å². The van der Waals surface area contributed by atoms with E-state index in [1.54, 1.807) is 5.38 Å². The lowest BCUT2D eigenvalue weighted by molar-refractivity contribution is 0.0502. The summed E-state index contributed by atoms with van der Waals surface area (Å²) in [5, 5.41) is 1.84. The van der Waals surface area contributed by atoms with Crippen molar-refractivity contribution in [3.05, 3.63) is 55.8 Å². The summed E-state index contributed by atoms with van der Waals surface area (Å²) in [5.74, 6) is -0.279. The lowest BCUT2D eigenvalue weighted by Gasteiger charge is -2.08. The number of aromatic nitrogens is 3. The van der Waals surface area contributed by atoms with Gasteiger partial charge >= 0.3 is 5.97 Å². The maximum Gasteiger partial charge on any atom is 0.339 e. The van der Waals surface area contributed by atoms with Gasteiger partial charge in [0.1, 0.15) is 4.83 Å². The number of rotatable bonds is 9. The second-order valence-electron chi connectivity index (χ2n) is 6.53. The Bertz CT molecular complexity index is 1120. The fourth-order valence-corrected chi connectivity index (χ4v) is 3.58. The van der Waals surface area contributed by atoms with Gasteiger partial charge in [-0.05, 0) is 12.8 Å². The highest BCUT2D eigenvalue weighted by atomic mass is 32.1. The van der Waals surface area contributed by atoms with Crippen LogP contribution >= 0.6 is 11.3 Å². The summed E-state index contributed by atoms with van der Waals surface area (Å²) in [6.07, 6.45) is 5.37. The number of hydrogen-bond acceptors (Lipinski definition) is 7. The van der Waals surface area contributed by atoms with Crippen LogP contribution in [0, 0.1) is 0 Å². The zero-order valence-electron chi connectivity index (χ0n) is 16.4. The third-order valence-corrected chi connectivity index (χ3v) is 5.14. The normalized spacial score (nSPS) is 11.0. The van der Waals surface area contributed by atoms with Crippen molar-refractivity contribution in [3.63, 3.8) is 0 Å². The number of esters is 1. The van der Waals surface area contributed by atoms with Crippen LogP contribution in [0.4, 0.5) is 0 Å². The first kappa shape index (κ1) is 20.8. The molecule has 154 valence electrons. The van der Waals surface area contributed by atoms with Gasteiger partial charge in [0.2, 0.25) is 5.43 Å². The molecular weight excluding hydrogens is 394 g/mol. The molecule has 0 unspecified atom stereocenters. The monoisotopic (exact) mass is 417 g/mol. The molecule has 0 atom stereocenters. The standard InChI is InChI=1S/C20H23N3O5S/c1-3-5-7-28-20(26)14-11-29-18-17(14)19(25)23(12-22-18)10-13-8-15(24)16(9-21-13)27-6-4-2/h8-9,11-12H,3-7,10H2,1-2H3,(H,21,24). The molecule has 29 heavy (non-hydrogen) atoms. The Labute approximate surface area is 171 Å². The number of thiophene rings is 1. The molecule has 9 heteroatoms. The van der Waals surface area contributed by atoms with Crippen molar-refractivity contribution in [1.82, 2.24) is 14.5 Å². The van der Waals surface area contributed by atoms with Gasteiger partial charge in [0.25, 0.3) is 5.56 Å². The summed E-state index contributed by atoms with van der Waals surface area (Å²) >= 11 is 1.22. The maximum absolute atomic E-state index is 12.9. The fourth-order valence-electron chi connectivity index (χ4n) is 2.72. The molecule has 3 heterocycles. The average Bonchev–Trinajstić information content (AvgIpc) is 3.15. The van der Waals surface area contributed by atoms with Gasteiger partial charge in [0.15, 0.2) is 5.75 Å². The van der Waals surface area contributed by atoms with Gasteiger partial charge in [-0.15, -0.1) is 11.3 Å². The highest BCUT2D eigenvalue weighted by molar-refractivity contribution is 7.17. The second kappa shape index (κ2) is 9.51. The molecule has 0 saturated heterocycles. The maximum atomic E-state index is 12.9. The Morgan fingerprint density at radius 2 is 2.07 bits per heavy atom. The third-order valence-electron chi connectivity index (χ3n) is 4.25. The molecule has 0 fully saturated rings. The number of hydrogen-bond donors (Lipinski definition) is 1. The summed E-state index contributed by atoms with van der Waals surface area (Å²) in [7, 11) is 0. The molecule has 0 aliphatic carbocycles. The Kier molecular flexibility index (Phi) is 6.82. The van der Waals surface area contributed by atoms with Crippen molar-refractivity contribution >= 4 is 27.5 Å². The summed E-state index contributed by atoms with van der Waals surface area (Å²) in [6, 6.07) is 1.40. The SMILES string of the molecule is CCCCOC(=O)c1csc2ncn(Cc3cc(=O)c(OCCC)c[nH]3)c(=O)c12. The molecule has 1 N–H and O–H groups in total. The minimum absolute atomic E-state index is 0.116. The van der Waals surface area contributed by atoms with Crippen LogP contribution in [-0.2, 0) is 11.3 Å². The molecule has 0 aliphatic heterocycles. The van der Waals surface area contributed by atoms with Crippen LogP contribution in [-0.4, -0.2) is 33.7 Å². The number of fused-ring (bicyclic) bond motifs is 1. The van der Waals surface area contributed by atoms with E-state index in [2.05, 4.69) is 9.97 Å². The van der Waals surface area contributed by atoms with Gasteiger partial charge in [0, 0.05) is 23.3 Å². The lowest BCUT2D eigenvalue weighted by atomic mass is 10.2. The minimum Gasteiger partial charge on any atom is -0.488 e. The number of pyridine rings is 1. The molecule has 3 aromatic rings. The molecule has 3 aromatic heterocycles. The first-order chi connectivity index (χ1) is 14.0. The van der Waals surface area contributed by atoms with Crippen LogP contribution in [0.5, 0.6) is 5.75 Å². The summed E-state index contributed by atoms with van der Waals surface area (Å²) in [5.41, 5.74) is 0.144. The van der Waals surface area contributed by atoms with Gasteiger partial charge in [-0.3, -0.25) is 14.2 Å². The molecule has 0 bridgehead atoms. The summed E-state index contributed by atoms with van der Waals surface area (Å²) in [6.45, 7) is 4.84. The first-order valence-corrected chi connectivity index (χ1v) is 10.4. The summed E-state index contributed by atoms with van der Waals surface area (Å²) < 4.78 is 12.0. The Hall–Kier alpha value is -2.94. The van der Waals surface area contributed by atoms with Crippen molar-refractivity contribution in [2.75, 3.05) is 13.2 Å². The highest BCUT2D eigenvalue weighted by Gasteiger charge is 2.19. The largest absolute Gasteiger partial charge is 0.488 e. The van der Waals surface area contributed by atoms with Gasteiger partial charge in [-0.2, -0.15) is 0 Å². The molecule has 0 spiro atoms. The van der Waals surface area contributed by atoms with Crippen LogP contribution in [0.2, 0.25) is 0 Å². The van der Waals surface area contributed by atoms with E-state index in [1.807, 2.05) is 13.8 Å². The zero-order chi connectivity index (χ0) is 20.8. The Morgan fingerprint density at radius 1 is 1.24 bits per heavy atom. The van der Waals surface area contributed by atoms with E-state index in [1.165, 1.54) is 34.5 Å². The van der Waals surface area contributed by atoms with Crippen LogP contribution in [0.25, 0.3) is 10.2 Å². The topological polar surface area (TPSA) is 103 Å². The van der Waals surface area contributed by atoms with Gasteiger partial charge in [-0.1, -0.05) is 20.3 Å². The molecule has 0 radical (unpaired) electrons. The van der Waals surface area contributed by atoms with Crippen molar-refractivity contribution in [1.29, 1.82) is 0 Å². The fraction of sp³-hybridized carbons (Fsp3) is 0.400. The van der Waals surface area contributed by atoms with Gasteiger partial charge in [-0.25, -0.2) is 9.78 Å². The van der Waals surface area contributed by atoms with Crippen LogP contribution in [0.1, 0.15) is 49.2 Å². The molecule has 0 saturated carbocycles. The first-order valence-electron chi connectivity index (χ1n) is 9.53. The van der Waals surface area contributed by atoms with E-state index < -0.39 is 5.97 Å². The van der Waals surface area contributed by atoms with Crippen molar-refractivity contribution in [2.45, 2.75) is 39.7 Å². The number of ether oxygens (including phenoxy) is 2. The molecule has 0 aromatic carbocycles. The van der Waals surface area contributed by atoms with Crippen LogP contribution in [0.3, 0.4) is 0 Å². The molecule has 3 rings (SSSR count). The smallest absolute Gasteiger partial charge is 0.339 e. The predicted octanol–water partition coefficient (Wildman–Crippen LogP) is 2.94. The number of carbonyl (C=O) groups is 1. The Morgan fingerprint density at radius 3 is 2.79 bits per heavy atom. The van der Waals surface area contributed by atoms with Crippen LogP contribution in [0.15, 0.2) is 33.6 Å². The molecule has 0 aliphatic rings. The van der Waals surface area contributed by atoms with Crippen molar-refractivity contribution in [3.8, 4) is 5.75 Å². The number of unbranched alkanes of at least 4 members (excludes halogenated alkanes) is 1. The van der Waals surface area contributed by atoms with Gasteiger partial charge < -0.3 is 14.5 Å². The van der Waals surface area contributed by atoms with E-state index in [0.717, 1.165) is 19.3 Å². The van der Waals surface area contributed by atoms with Gasteiger partial charge in [0.05, 0.1) is 37.0 Å². The number of H-pyrrole nitrogens is 1.